The number of benzene rings is 1. The third kappa shape index (κ3) is 5.50. The van der Waals surface area contributed by atoms with Crippen molar-refractivity contribution < 1.29 is 38.7 Å². The van der Waals surface area contributed by atoms with E-state index in [1.54, 1.807) is 0 Å². The number of esters is 2. The Hall–Kier alpha value is -2.00. The SMILES string of the molecule is CC(=O)OC1C(O)O[C@@H](COCc2ccccc2)[C@@H](O)[C@H]1OC(C)=O. The number of hydrogen-bond acceptors (Lipinski definition) is 8. The first-order valence-electron chi connectivity index (χ1n) is 7.86. The maximum Gasteiger partial charge on any atom is 0.303 e. The van der Waals surface area contributed by atoms with E-state index in [0.717, 1.165) is 19.4 Å². The lowest BCUT2D eigenvalue weighted by Crippen LogP contribution is -2.61. The fourth-order valence-corrected chi connectivity index (χ4v) is 2.56. The van der Waals surface area contributed by atoms with Gasteiger partial charge in [0.2, 0.25) is 0 Å². The van der Waals surface area contributed by atoms with Gasteiger partial charge in [-0.15, -0.1) is 0 Å². The van der Waals surface area contributed by atoms with Crippen molar-refractivity contribution in [2.75, 3.05) is 6.61 Å². The lowest BCUT2D eigenvalue weighted by molar-refractivity contribution is -0.295. The van der Waals surface area contributed by atoms with Crippen molar-refractivity contribution in [2.45, 2.75) is 51.2 Å². The predicted molar refractivity (Wildman–Crippen MR) is 84.1 cm³/mol. The Kier molecular flexibility index (Phi) is 6.89. The second-order valence-electron chi connectivity index (χ2n) is 5.70. The minimum Gasteiger partial charge on any atom is -0.455 e. The highest BCUT2D eigenvalue weighted by Crippen LogP contribution is 2.25. The van der Waals surface area contributed by atoms with E-state index >= 15 is 0 Å². The quantitative estimate of drug-likeness (QED) is 0.694. The van der Waals surface area contributed by atoms with E-state index < -0.39 is 42.6 Å². The monoisotopic (exact) mass is 354 g/mol. The maximum absolute atomic E-state index is 11.3. The normalized spacial score (nSPS) is 29.0. The molecule has 0 aromatic heterocycles. The maximum atomic E-state index is 11.3. The topological polar surface area (TPSA) is 112 Å². The van der Waals surface area contributed by atoms with Crippen molar-refractivity contribution in [3.63, 3.8) is 0 Å². The Labute approximate surface area is 145 Å². The summed E-state index contributed by atoms with van der Waals surface area (Å²) in [4.78, 5) is 22.4. The van der Waals surface area contributed by atoms with Crippen LogP contribution in [0.1, 0.15) is 19.4 Å². The molecule has 1 heterocycles. The van der Waals surface area contributed by atoms with Crippen LogP contribution in [0.3, 0.4) is 0 Å². The van der Waals surface area contributed by atoms with Gasteiger partial charge in [-0.1, -0.05) is 30.3 Å². The zero-order chi connectivity index (χ0) is 18.4. The molecule has 0 saturated carbocycles. The van der Waals surface area contributed by atoms with Crippen molar-refractivity contribution in [2.24, 2.45) is 0 Å². The summed E-state index contributed by atoms with van der Waals surface area (Å²) in [5, 5.41) is 20.4. The summed E-state index contributed by atoms with van der Waals surface area (Å²) in [6, 6.07) is 9.38. The van der Waals surface area contributed by atoms with Gasteiger partial charge in [0.15, 0.2) is 18.5 Å². The van der Waals surface area contributed by atoms with Gasteiger partial charge in [-0.3, -0.25) is 9.59 Å². The molecule has 0 bridgehead atoms. The van der Waals surface area contributed by atoms with Crippen molar-refractivity contribution in [1.82, 2.24) is 0 Å². The van der Waals surface area contributed by atoms with E-state index in [4.69, 9.17) is 18.9 Å². The fourth-order valence-electron chi connectivity index (χ4n) is 2.56. The fraction of sp³-hybridized carbons (Fsp3) is 0.529. The largest absolute Gasteiger partial charge is 0.455 e. The van der Waals surface area contributed by atoms with Crippen molar-refractivity contribution in [3.05, 3.63) is 35.9 Å². The van der Waals surface area contributed by atoms with Crippen LogP contribution in [0.4, 0.5) is 0 Å². The molecule has 1 saturated heterocycles. The lowest BCUT2D eigenvalue weighted by Gasteiger charge is -2.41. The number of carbonyl (C=O) groups is 2. The number of ether oxygens (including phenoxy) is 4. The Morgan fingerprint density at radius 3 is 2.24 bits per heavy atom. The zero-order valence-corrected chi connectivity index (χ0v) is 14.0. The smallest absolute Gasteiger partial charge is 0.303 e. The molecule has 1 fully saturated rings. The van der Waals surface area contributed by atoms with Crippen LogP contribution in [0.25, 0.3) is 0 Å². The molecule has 0 radical (unpaired) electrons. The van der Waals surface area contributed by atoms with Crippen LogP contribution in [0.15, 0.2) is 30.3 Å². The molecule has 8 heteroatoms. The van der Waals surface area contributed by atoms with E-state index in [0.29, 0.717) is 0 Å². The van der Waals surface area contributed by atoms with Crippen molar-refractivity contribution in [3.8, 4) is 0 Å². The highest BCUT2D eigenvalue weighted by Gasteiger charge is 2.48. The molecular weight excluding hydrogens is 332 g/mol. The van der Waals surface area contributed by atoms with Gasteiger partial charge in [-0.25, -0.2) is 0 Å². The summed E-state index contributed by atoms with van der Waals surface area (Å²) in [7, 11) is 0. The minimum atomic E-state index is -1.55. The van der Waals surface area contributed by atoms with E-state index in [-0.39, 0.29) is 13.2 Å². The van der Waals surface area contributed by atoms with Gasteiger partial charge in [0, 0.05) is 13.8 Å². The summed E-state index contributed by atoms with van der Waals surface area (Å²) in [5.74, 6) is -1.38. The summed E-state index contributed by atoms with van der Waals surface area (Å²) in [6.45, 7) is 2.53. The second kappa shape index (κ2) is 8.91. The Balaban J connectivity index is 1.99. The molecule has 2 N–H and O–H groups in total. The first-order valence-corrected chi connectivity index (χ1v) is 7.86. The van der Waals surface area contributed by atoms with E-state index in [9.17, 15) is 19.8 Å². The highest BCUT2D eigenvalue weighted by atomic mass is 16.7. The molecule has 2 unspecified atom stereocenters. The van der Waals surface area contributed by atoms with Gasteiger partial charge in [-0.05, 0) is 5.56 Å². The zero-order valence-electron chi connectivity index (χ0n) is 14.0. The van der Waals surface area contributed by atoms with Gasteiger partial charge < -0.3 is 29.2 Å². The predicted octanol–water partition coefficient (Wildman–Crippen LogP) is 0.145. The molecule has 138 valence electrons. The van der Waals surface area contributed by atoms with E-state index in [2.05, 4.69) is 0 Å². The average Bonchev–Trinajstić information content (AvgIpc) is 2.55. The molecule has 8 nitrogen and oxygen atoms in total. The van der Waals surface area contributed by atoms with Crippen LogP contribution >= 0.6 is 0 Å². The van der Waals surface area contributed by atoms with Gasteiger partial charge in [0.25, 0.3) is 0 Å². The molecule has 0 spiro atoms. The standard InChI is InChI=1S/C17H22O8/c1-10(18)23-15-14(20)13(25-17(21)16(15)24-11(2)19)9-22-8-12-6-4-3-5-7-12/h3-7,13-17,20-21H,8-9H2,1-2H3/t13-,14+,15+,16?,17?/m0/s1. The van der Waals surface area contributed by atoms with Gasteiger partial charge in [0.1, 0.15) is 12.2 Å². The number of hydrogen-bond donors (Lipinski definition) is 2. The molecule has 25 heavy (non-hydrogen) atoms. The summed E-state index contributed by atoms with van der Waals surface area (Å²) in [5.41, 5.74) is 0.933. The van der Waals surface area contributed by atoms with Crippen LogP contribution in [-0.4, -0.2) is 59.5 Å². The molecule has 5 atom stereocenters. The molecule has 1 aromatic carbocycles. The average molecular weight is 354 g/mol. The summed E-state index contributed by atoms with van der Waals surface area (Å²) in [6.07, 6.45) is -6.40. The molecule has 2 rings (SSSR count). The van der Waals surface area contributed by atoms with Crippen LogP contribution in [0.5, 0.6) is 0 Å². The molecule has 0 amide bonds. The lowest BCUT2D eigenvalue weighted by atomic mass is 9.98. The van der Waals surface area contributed by atoms with Crippen molar-refractivity contribution in [1.29, 1.82) is 0 Å². The third-order valence-corrected chi connectivity index (χ3v) is 3.63. The van der Waals surface area contributed by atoms with E-state index in [1.165, 1.54) is 0 Å². The van der Waals surface area contributed by atoms with Crippen LogP contribution in [0, 0.1) is 0 Å². The van der Waals surface area contributed by atoms with Crippen molar-refractivity contribution >= 4 is 11.9 Å². The third-order valence-electron chi connectivity index (χ3n) is 3.63. The number of aliphatic hydroxyl groups excluding tert-OH is 2. The van der Waals surface area contributed by atoms with Gasteiger partial charge >= 0.3 is 11.9 Å². The molecule has 1 aliphatic rings. The number of carbonyl (C=O) groups excluding carboxylic acids is 2. The molecule has 1 aliphatic heterocycles. The first kappa shape index (κ1) is 19.3. The molecular formula is C17H22O8. The van der Waals surface area contributed by atoms with Crippen LogP contribution < -0.4 is 0 Å². The Morgan fingerprint density at radius 2 is 1.64 bits per heavy atom. The van der Waals surface area contributed by atoms with Crippen LogP contribution in [0.2, 0.25) is 0 Å². The Morgan fingerprint density at radius 1 is 1.04 bits per heavy atom. The molecule has 0 aliphatic carbocycles. The van der Waals surface area contributed by atoms with Gasteiger partial charge in [-0.2, -0.15) is 0 Å². The number of rotatable bonds is 6. The molecule has 1 aromatic rings. The Bertz CT molecular complexity index is 575. The highest BCUT2D eigenvalue weighted by molar-refractivity contribution is 5.67. The minimum absolute atomic E-state index is 0.0440. The second-order valence-corrected chi connectivity index (χ2v) is 5.70. The first-order chi connectivity index (χ1) is 11.9. The van der Waals surface area contributed by atoms with E-state index in [1.807, 2.05) is 30.3 Å². The summed E-state index contributed by atoms with van der Waals surface area (Å²) < 4.78 is 20.7. The van der Waals surface area contributed by atoms with Crippen LogP contribution in [-0.2, 0) is 35.1 Å². The van der Waals surface area contributed by atoms with Gasteiger partial charge in [0.05, 0.1) is 13.2 Å². The number of aliphatic hydroxyl groups is 2. The summed E-state index contributed by atoms with van der Waals surface area (Å²) >= 11 is 0.